The van der Waals surface area contributed by atoms with Crippen molar-refractivity contribution in [2.45, 2.75) is 56.3 Å². The van der Waals surface area contributed by atoms with Crippen LogP contribution in [0.15, 0.2) is 0 Å². The average Bonchev–Trinajstić information content (AvgIpc) is 3.04. The zero-order valence-corrected chi connectivity index (χ0v) is 14.3. The van der Waals surface area contributed by atoms with Gasteiger partial charge < -0.3 is 9.22 Å². The normalized spacial score (nSPS) is 47.5. The van der Waals surface area contributed by atoms with Crippen LogP contribution < -0.4 is 0 Å². The van der Waals surface area contributed by atoms with E-state index < -0.39 is 0 Å². The zero-order valence-electron chi connectivity index (χ0n) is 12.7. The quantitative estimate of drug-likeness (QED) is 0.446. The second-order valence-corrected chi connectivity index (χ2v) is 8.68. The number of halogens is 1. The van der Waals surface area contributed by atoms with Crippen LogP contribution in [0.5, 0.6) is 0 Å². The van der Waals surface area contributed by atoms with E-state index in [9.17, 15) is 4.79 Å². The molecule has 0 aromatic heterocycles. The maximum absolute atomic E-state index is 12.2. The van der Waals surface area contributed by atoms with Crippen molar-refractivity contribution in [3.63, 3.8) is 0 Å². The number of nitrogens with zero attached hydrogens (tertiary/aromatic N) is 1. The van der Waals surface area contributed by atoms with Crippen molar-refractivity contribution in [3.05, 3.63) is 0 Å². The van der Waals surface area contributed by atoms with Gasteiger partial charge in [0.1, 0.15) is 0 Å². The van der Waals surface area contributed by atoms with Gasteiger partial charge in [-0.1, -0.05) is 15.9 Å². The summed E-state index contributed by atoms with van der Waals surface area (Å²) in [6, 6.07) is 0.720. The smallest absolute Gasteiger partial charge is 0.312 e. The number of alkyl halides is 1. The lowest BCUT2D eigenvalue weighted by molar-refractivity contribution is -0.947. The van der Waals surface area contributed by atoms with Gasteiger partial charge in [0.15, 0.2) is 0 Å². The van der Waals surface area contributed by atoms with E-state index >= 15 is 0 Å². The van der Waals surface area contributed by atoms with Crippen LogP contribution in [0.25, 0.3) is 0 Å². The van der Waals surface area contributed by atoms with Gasteiger partial charge in [-0.05, 0) is 39.0 Å². The predicted molar refractivity (Wildman–Crippen MR) is 82.7 cm³/mol. The Morgan fingerprint density at radius 2 is 2.00 bits per heavy atom. The Balaban J connectivity index is 1.58. The number of hydrogen-bond acceptors (Lipinski definition) is 2. The summed E-state index contributed by atoms with van der Waals surface area (Å²) < 4.78 is 6.92. The Morgan fingerprint density at radius 1 is 1.30 bits per heavy atom. The number of piperidine rings is 2. The summed E-state index contributed by atoms with van der Waals surface area (Å²) in [5.74, 6) is 0.587. The number of fused-ring (bicyclic) bond motifs is 1. The number of carbonyl (C=O) groups is 1. The highest BCUT2D eigenvalue weighted by Crippen LogP contribution is 2.52. The molecule has 3 aliphatic rings. The topological polar surface area (TPSA) is 26.3 Å². The van der Waals surface area contributed by atoms with Gasteiger partial charge >= 0.3 is 5.97 Å². The molecule has 0 aromatic carbocycles. The molecule has 2 aliphatic heterocycles. The first-order valence-electron chi connectivity index (χ1n) is 8.11. The van der Waals surface area contributed by atoms with Gasteiger partial charge in [0.05, 0.1) is 38.2 Å². The summed E-state index contributed by atoms with van der Waals surface area (Å²) in [6.07, 6.45) is 7.48. The first-order valence-corrected chi connectivity index (χ1v) is 9.03. The summed E-state index contributed by atoms with van der Waals surface area (Å²) in [6.45, 7) is 5.29. The second-order valence-electron chi connectivity index (χ2n) is 7.58. The van der Waals surface area contributed by atoms with E-state index in [4.69, 9.17) is 4.74 Å². The number of ether oxygens (including phenoxy) is 1. The lowest BCUT2D eigenvalue weighted by Crippen LogP contribution is -2.61. The summed E-state index contributed by atoms with van der Waals surface area (Å²) in [7, 11) is 2.41. The summed E-state index contributed by atoms with van der Waals surface area (Å²) in [5.41, 5.74) is -0.251. The van der Waals surface area contributed by atoms with Gasteiger partial charge in [0.25, 0.3) is 0 Å². The SMILES string of the molecule is C[C@]1(C(=O)OC[C@@H]2CCC[N@+]3(C)CCCC[C@H]23)C[C@@H]1Br. The third kappa shape index (κ3) is 2.54. The molecule has 1 saturated carbocycles. The molecule has 4 heteroatoms. The maximum Gasteiger partial charge on any atom is 0.312 e. The van der Waals surface area contributed by atoms with E-state index in [0.29, 0.717) is 17.4 Å². The third-order valence-corrected chi connectivity index (χ3v) is 7.37. The molecule has 0 radical (unpaired) electrons. The number of esters is 1. The van der Waals surface area contributed by atoms with Gasteiger partial charge in [-0.25, -0.2) is 0 Å². The third-order valence-electron chi connectivity index (χ3n) is 6.04. The van der Waals surface area contributed by atoms with E-state index in [0.717, 1.165) is 12.5 Å². The van der Waals surface area contributed by atoms with Crippen molar-refractivity contribution in [1.29, 1.82) is 0 Å². The summed E-state index contributed by atoms with van der Waals surface area (Å²) >= 11 is 3.53. The standard InChI is InChI=1S/C16H27BrNO2/c1-16(10-14(16)17)15(19)20-11-12-6-5-9-18(2)8-4-3-7-13(12)18/h12-14H,3-11H2,1-2H3/q+1/t12-,13+,14-,16-,18-/m0/s1. The molecule has 2 saturated heterocycles. The van der Waals surface area contributed by atoms with Crippen LogP contribution in [-0.2, 0) is 9.53 Å². The first-order chi connectivity index (χ1) is 9.46. The van der Waals surface area contributed by atoms with Crippen LogP contribution in [0.4, 0.5) is 0 Å². The van der Waals surface area contributed by atoms with Crippen molar-refractivity contribution >= 4 is 21.9 Å². The molecule has 1 aliphatic carbocycles. The molecule has 0 N–H and O–H groups in total. The van der Waals surface area contributed by atoms with Crippen LogP contribution in [0.1, 0.15) is 45.4 Å². The van der Waals surface area contributed by atoms with Crippen LogP contribution in [0.3, 0.4) is 0 Å². The van der Waals surface area contributed by atoms with E-state index in [2.05, 4.69) is 23.0 Å². The van der Waals surface area contributed by atoms with Gasteiger partial charge in [-0.2, -0.15) is 0 Å². The molecule has 3 rings (SSSR count). The molecule has 5 atom stereocenters. The molecule has 3 fully saturated rings. The lowest BCUT2D eigenvalue weighted by atomic mass is 9.82. The second kappa shape index (κ2) is 5.28. The van der Waals surface area contributed by atoms with Gasteiger partial charge in [-0.15, -0.1) is 0 Å². The van der Waals surface area contributed by atoms with Crippen LogP contribution >= 0.6 is 15.9 Å². The fourth-order valence-corrected chi connectivity index (χ4v) is 5.16. The maximum atomic E-state index is 12.2. The van der Waals surface area contributed by atoms with Crippen molar-refractivity contribution in [1.82, 2.24) is 0 Å². The number of carbonyl (C=O) groups excluding carboxylic acids is 1. The molecule has 2 heterocycles. The van der Waals surface area contributed by atoms with Crippen molar-refractivity contribution < 1.29 is 14.0 Å². The van der Waals surface area contributed by atoms with Crippen LogP contribution in [-0.4, -0.2) is 48.1 Å². The molecule has 0 aromatic rings. The molecule has 0 unspecified atom stereocenters. The highest BCUT2D eigenvalue weighted by Gasteiger charge is 2.56. The monoisotopic (exact) mass is 344 g/mol. The average molecular weight is 345 g/mol. The Bertz CT molecular complexity index is 398. The van der Waals surface area contributed by atoms with Gasteiger partial charge in [0.2, 0.25) is 0 Å². The highest BCUT2D eigenvalue weighted by molar-refractivity contribution is 9.09. The summed E-state index contributed by atoms with van der Waals surface area (Å²) in [5, 5.41) is 0. The Kier molecular flexibility index (Phi) is 3.91. The fourth-order valence-electron chi connectivity index (χ4n) is 4.30. The molecule has 0 amide bonds. The molecule has 0 spiro atoms. The Hall–Kier alpha value is -0.0900. The van der Waals surface area contributed by atoms with Crippen molar-refractivity contribution in [2.75, 3.05) is 26.7 Å². The van der Waals surface area contributed by atoms with Crippen molar-refractivity contribution in [3.8, 4) is 0 Å². The largest absolute Gasteiger partial charge is 0.465 e. The minimum atomic E-state index is -0.251. The van der Waals surface area contributed by atoms with Crippen LogP contribution in [0, 0.1) is 11.3 Å². The molecular formula is C16H27BrNO2+. The molecule has 3 nitrogen and oxygen atoms in total. The number of rotatable bonds is 3. The fraction of sp³-hybridized carbons (Fsp3) is 0.938. The van der Waals surface area contributed by atoms with Crippen molar-refractivity contribution in [2.24, 2.45) is 11.3 Å². The van der Waals surface area contributed by atoms with Gasteiger partial charge in [0, 0.05) is 17.2 Å². The molecule has 114 valence electrons. The van der Waals surface area contributed by atoms with E-state index in [1.807, 2.05) is 6.92 Å². The highest BCUT2D eigenvalue weighted by atomic mass is 79.9. The summed E-state index contributed by atoms with van der Waals surface area (Å²) in [4.78, 5) is 12.5. The molecule has 20 heavy (non-hydrogen) atoms. The first kappa shape index (κ1) is 14.8. The van der Waals surface area contributed by atoms with Gasteiger partial charge in [-0.3, -0.25) is 4.79 Å². The van der Waals surface area contributed by atoms with E-state index in [1.165, 1.54) is 49.7 Å². The molecule has 0 bridgehead atoms. The minimum absolute atomic E-state index is 0.00922. The minimum Gasteiger partial charge on any atom is -0.465 e. The molecular weight excluding hydrogens is 318 g/mol. The van der Waals surface area contributed by atoms with E-state index in [-0.39, 0.29) is 11.4 Å². The van der Waals surface area contributed by atoms with Crippen LogP contribution in [0.2, 0.25) is 0 Å². The predicted octanol–water partition coefficient (Wildman–Crippen LogP) is 3.11. The zero-order chi connectivity index (χ0) is 14.4. The lowest BCUT2D eigenvalue weighted by Gasteiger charge is -2.51. The number of quaternary nitrogens is 1. The Labute approximate surface area is 130 Å². The number of hydrogen-bond donors (Lipinski definition) is 0. The Morgan fingerprint density at radius 3 is 2.70 bits per heavy atom. The van der Waals surface area contributed by atoms with E-state index in [1.54, 1.807) is 0 Å².